The van der Waals surface area contributed by atoms with E-state index in [1.54, 1.807) is 0 Å². The van der Waals surface area contributed by atoms with E-state index >= 15 is 0 Å². The summed E-state index contributed by atoms with van der Waals surface area (Å²) in [5.74, 6) is 0.696. The first-order valence-corrected chi connectivity index (χ1v) is 22.9. The van der Waals surface area contributed by atoms with Crippen LogP contribution in [0, 0.1) is 0 Å². The molecule has 312 valence electrons. The number of aromatic nitrogens is 3. The highest BCUT2D eigenvalue weighted by atomic mass is 15.0. The quantitative estimate of drug-likeness (QED) is 0.118. The summed E-state index contributed by atoms with van der Waals surface area (Å²) in [5, 5.41) is 9.91. The van der Waals surface area contributed by atoms with Gasteiger partial charge >= 0.3 is 0 Å². The summed E-state index contributed by atoms with van der Waals surface area (Å²) in [6.07, 6.45) is 0. The molecule has 3 nitrogen and oxygen atoms in total. The molecule has 13 rings (SSSR count). The van der Waals surface area contributed by atoms with E-state index < -0.39 is 0 Å². The summed E-state index contributed by atoms with van der Waals surface area (Å²) < 4.78 is 2.35. The molecular weight excluding hydrogens is 811 g/mol. The SMILES string of the molecule is c1ccc(-c2nc(-c3ccc(-c4ccc(-c5c6ccccc6c(-c6ccccc6)c6ccc7ccccc7c56)cc4)cc3)cc(-c3cccc4c3c3ccccc3n4-c3ccccc3)n2)cc1. The van der Waals surface area contributed by atoms with Gasteiger partial charge in [0.25, 0.3) is 0 Å². The third-order valence-corrected chi connectivity index (χ3v) is 13.4. The molecular formula is C64H41N3. The number of benzene rings is 11. The average molecular weight is 852 g/mol. The number of para-hydroxylation sites is 2. The number of hydrogen-bond acceptors (Lipinski definition) is 2. The zero-order chi connectivity index (χ0) is 44.3. The molecule has 0 atom stereocenters. The van der Waals surface area contributed by atoms with Crippen LogP contribution in [0.4, 0.5) is 0 Å². The summed E-state index contributed by atoms with van der Waals surface area (Å²) in [5.41, 5.74) is 15.5. The van der Waals surface area contributed by atoms with E-state index in [1.165, 1.54) is 65.3 Å². The molecule has 0 spiro atoms. The first-order valence-electron chi connectivity index (χ1n) is 22.9. The fraction of sp³-hybridized carbons (Fsp3) is 0. The van der Waals surface area contributed by atoms with Crippen molar-refractivity contribution in [1.82, 2.24) is 14.5 Å². The lowest BCUT2D eigenvalue weighted by Crippen LogP contribution is -1.96. The van der Waals surface area contributed by atoms with Crippen molar-refractivity contribution in [3.8, 4) is 73.0 Å². The number of nitrogens with zero attached hydrogens (tertiary/aromatic N) is 3. The van der Waals surface area contributed by atoms with Crippen LogP contribution < -0.4 is 0 Å². The van der Waals surface area contributed by atoms with Crippen molar-refractivity contribution in [2.75, 3.05) is 0 Å². The van der Waals surface area contributed by atoms with Crippen LogP contribution >= 0.6 is 0 Å². The summed E-state index contributed by atoms with van der Waals surface area (Å²) >= 11 is 0. The Balaban J connectivity index is 0.917. The van der Waals surface area contributed by atoms with Crippen LogP contribution in [-0.4, -0.2) is 14.5 Å². The molecule has 0 aliphatic carbocycles. The predicted octanol–water partition coefficient (Wildman–Crippen LogP) is 17.0. The summed E-state index contributed by atoms with van der Waals surface area (Å²) in [6.45, 7) is 0. The number of fused-ring (bicyclic) bond motifs is 7. The lowest BCUT2D eigenvalue weighted by Gasteiger charge is -2.19. The maximum Gasteiger partial charge on any atom is 0.160 e. The van der Waals surface area contributed by atoms with Crippen molar-refractivity contribution < 1.29 is 0 Å². The summed E-state index contributed by atoms with van der Waals surface area (Å²) in [4.78, 5) is 10.5. The van der Waals surface area contributed by atoms with Crippen LogP contribution in [0.5, 0.6) is 0 Å². The van der Waals surface area contributed by atoms with Gasteiger partial charge in [-0.1, -0.05) is 218 Å². The van der Waals surface area contributed by atoms with E-state index in [-0.39, 0.29) is 0 Å². The highest BCUT2D eigenvalue weighted by Gasteiger charge is 2.21. The normalized spacial score (nSPS) is 11.6. The Morgan fingerprint density at radius 3 is 1.52 bits per heavy atom. The molecule has 0 radical (unpaired) electrons. The largest absolute Gasteiger partial charge is 0.309 e. The third kappa shape index (κ3) is 6.51. The molecule has 0 aliphatic heterocycles. The van der Waals surface area contributed by atoms with Gasteiger partial charge in [0, 0.05) is 33.2 Å². The van der Waals surface area contributed by atoms with Gasteiger partial charge in [-0.15, -0.1) is 0 Å². The first kappa shape index (κ1) is 38.5. The van der Waals surface area contributed by atoms with Gasteiger partial charge in [0.2, 0.25) is 0 Å². The van der Waals surface area contributed by atoms with E-state index in [0.29, 0.717) is 5.82 Å². The van der Waals surface area contributed by atoms with E-state index in [2.05, 4.69) is 235 Å². The van der Waals surface area contributed by atoms with Crippen LogP contribution in [0.25, 0.3) is 127 Å². The molecule has 67 heavy (non-hydrogen) atoms. The number of rotatable bonds is 7. The molecule has 0 saturated carbocycles. The van der Waals surface area contributed by atoms with Crippen LogP contribution in [-0.2, 0) is 0 Å². The number of hydrogen-bond donors (Lipinski definition) is 0. The third-order valence-electron chi connectivity index (χ3n) is 13.4. The summed E-state index contributed by atoms with van der Waals surface area (Å²) in [6, 6.07) is 89.3. The van der Waals surface area contributed by atoms with Gasteiger partial charge in [-0.25, -0.2) is 9.97 Å². The van der Waals surface area contributed by atoms with Crippen LogP contribution in [0.2, 0.25) is 0 Å². The highest BCUT2D eigenvalue weighted by molar-refractivity contribution is 6.28. The lowest BCUT2D eigenvalue weighted by atomic mass is 9.84. The maximum absolute atomic E-state index is 5.29. The summed E-state index contributed by atoms with van der Waals surface area (Å²) in [7, 11) is 0. The molecule has 0 saturated heterocycles. The molecule has 2 heterocycles. The molecule has 0 unspecified atom stereocenters. The second kappa shape index (κ2) is 16.0. The van der Waals surface area contributed by atoms with Gasteiger partial charge < -0.3 is 4.57 Å². The molecule has 3 heteroatoms. The molecule has 0 bridgehead atoms. The molecule has 2 aromatic heterocycles. The van der Waals surface area contributed by atoms with Crippen molar-refractivity contribution in [3.63, 3.8) is 0 Å². The van der Waals surface area contributed by atoms with Gasteiger partial charge in [0.15, 0.2) is 5.82 Å². The van der Waals surface area contributed by atoms with Crippen LogP contribution in [0.1, 0.15) is 0 Å². The standard InChI is InChI=1S/C64H41N3/c1-4-18-46(19-5-1)60-51-25-12-13-26-52(51)61(63-50-24-11-10-17-44(50)39-40-55(60)63)47-37-33-43(34-38-47)42-31-35-45(36-32-42)56-41-57(66-64(65-56)48-20-6-2-7-21-48)53-28-16-30-59-62(53)54-27-14-15-29-58(54)67(59)49-22-8-3-9-23-49/h1-41H. The van der Waals surface area contributed by atoms with E-state index in [4.69, 9.17) is 9.97 Å². The molecule has 0 N–H and O–H groups in total. The fourth-order valence-electron chi connectivity index (χ4n) is 10.4. The Morgan fingerprint density at radius 1 is 0.284 bits per heavy atom. The zero-order valence-electron chi connectivity index (χ0n) is 36.5. The van der Waals surface area contributed by atoms with Gasteiger partial charge in [-0.2, -0.15) is 0 Å². The predicted molar refractivity (Wildman–Crippen MR) is 282 cm³/mol. The van der Waals surface area contributed by atoms with Gasteiger partial charge in [0.05, 0.1) is 22.4 Å². The second-order valence-electron chi connectivity index (χ2n) is 17.2. The minimum absolute atomic E-state index is 0.696. The zero-order valence-corrected chi connectivity index (χ0v) is 36.5. The van der Waals surface area contributed by atoms with Crippen molar-refractivity contribution in [1.29, 1.82) is 0 Å². The monoisotopic (exact) mass is 851 g/mol. The van der Waals surface area contributed by atoms with E-state index in [1.807, 2.05) is 18.2 Å². The van der Waals surface area contributed by atoms with Gasteiger partial charge in [-0.3, -0.25) is 0 Å². The highest BCUT2D eigenvalue weighted by Crippen LogP contribution is 2.47. The maximum atomic E-state index is 5.29. The van der Waals surface area contributed by atoms with Crippen molar-refractivity contribution in [2.45, 2.75) is 0 Å². The molecule has 13 aromatic rings. The van der Waals surface area contributed by atoms with E-state index in [0.717, 1.165) is 55.9 Å². The van der Waals surface area contributed by atoms with Gasteiger partial charge in [-0.05, 0) is 96.0 Å². The average Bonchev–Trinajstić information content (AvgIpc) is 3.75. The van der Waals surface area contributed by atoms with Crippen LogP contribution in [0.15, 0.2) is 249 Å². The molecule has 11 aromatic carbocycles. The van der Waals surface area contributed by atoms with Crippen molar-refractivity contribution in [2.24, 2.45) is 0 Å². The van der Waals surface area contributed by atoms with Gasteiger partial charge in [0.1, 0.15) is 0 Å². The Labute approximate surface area is 388 Å². The topological polar surface area (TPSA) is 30.7 Å². The Morgan fingerprint density at radius 2 is 0.806 bits per heavy atom. The minimum atomic E-state index is 0.696. The molecule has 0 amide bonds. The van der Waals surface area contributed by atoms with E-state index in [9.17, 15) is 0 Å². The molecule has 0 fully saturated rings. The van der Waals surface area contributed by atoms with Crippen LogP contribution in [0.3, 0.4) is 0 Å². The lowest BCUT2D eigenvalue weighted by molar-refractivity contribution is 1.18. The minimum Gasteiger partial charge on any atom is -0.309 e. The smallest absolute Gasteiger partial charge is 0.160 e. The molecule has 0 aliphatic rings. The Kier molecular flexibility index (Phi) is 9.17. The fourth-order valence-corrected chi connectivity index (χ4v) is 10.4. The Bertz CT molecular complexity index is 3990. The van der Waals surface area contributed by atoms with Crippen molar-refractivity contribution in [3.05, 3.63) is 249 Å². The Hall–Kier alpha value is -8.92. The second-order valence-corrected chi connectivity index (χ2v) is 17.2. The van der Waals surface area contributed by atoms with Crippen molar-refractivity contribution >= 4 is 54.1 Å². The first-order chi connectivity index (χ1) is 33.2.